The van der Waals surface area contributed by atoms with E-state index in [-0.39, 0.29) is 5.56 Å². The van der Waals surface area contributed by atoms with Gasteiger partial charge in [-0.25, -0.2) is 0 Å². The van der Waals surface area contributed by atoms with Crippen LogP contribution < -0.4 is 5.56 Å². The maximum atomic E-state index is 11.3. The molecule has 0 atom stereocenters. The molecular formula is C9H11NO. The molecular weight excluding hydrogens is 138 g/mol. The number of aryl methyl sites for hydroxylation is 2. The standard InChI is InChI=1S/C9H11NO/c1-7-5-8-3-2-4-10(8)9(11)6-7/h5-6H,2-4H2,1H3. The van der Waals surface area contributed by atoms with Crippen LogP contribution in [0.1, 0.15) is 17.7 Å². The smallest absolute Gasteiger partial charge is 0.250 e. The highest BCUT2D eigenvalue weighted by Crippen LogP contribution is 2.11. The van der Waals surface area contributed by atoms with E-state index in [0.717, 1.165) is 24.9 Å². The topological polar surface area (TPSA) is 22.0 Å². The lowest BCUT2D eigenvalue weighted by atomic mass is 10.2. The van der Waals surface area contributed by atoms with E-state index >= 15 is 0 Å². The lowest BCUT2D eigenvalue weighted by molar-refractivity contribution is 0.720. The molecule has 0 bridgehead atoms. The fraction of sp³-hybridized carbons (Fsp3) is 0.444. The Morgan fingerprint density at radius 2 is 2.27 bits per heavy atom. The molecule has 0 spiro atoms. The van der Waals surface area contributed by atoms with Crippen LogP contribution in [0.3, 0.4) is 0 Å². The zero-order chi connectivity index (χ0) is 7.84. The molecule has 2 nitrogen and oxygen atoms in total. The summed E-state index contributed by atoms with van der Waals surface area (Å²) >= 11 is 0. The summed E-state index contributed by atoms with van der Waals surface area (Å²) in [5.74, 6) is 0. The minimum atomic E-state index is 0.164. The first-order valence-corrected chi connectivity index (χ1v) is 3.98. The van der Waals surface area contributed by atoms with E-state index in [9.17, 15) is 4.79 Å². The van der Waals surface area contributed by atoms with Crippen molar-refractivity contribution in [1.82, 2.24) is 4.57 Å². The summed E-state index contributed by atoms with van der Waals surface area (Å²) in [6.45, 7) is 2.88. The zero-order valence-corrected chi connectivity index (χ0v) is 6.63. The Kier molecular flexibility index (Phi) is 1.34. The van der Waals surface area contributed by atoms with Gasteiger partial charge in [0, 0.05) is 18.3 Å². The first kappa shape index (κ1) is 6.65. The minimum Gasteiger partial charge on any atom is -0.313 e. The number of aromatic nitrogens is 1. The molecule has 0 radical (unpaired) electrons. The first-order chi connectivity index (χ1) is 5.27. The normalized spacial score (nSPS) is 15.0. The molecule has 1 aliphatic rings. The van der Waals surface area contributed by atoms with Gasteiger partial charge in [-0.2, -0.15) is 0 Å². The number of pyridine rings is 1. The zero-order valence-electron chi connectivity index (χ0n) is 6.63. The van der Waals surface area contributed by atoms with E-state index in [1.165, 1.54) is 5.69 Å². The fourth-order valence-electron chi connectivity index (χ4n) is 1.68. The molecule has 1 aliphatic heterocycles. The Labute approximate surface area is 65.5 Å². The highest BCUT2D eigenvalue weighted by molar-refractivity contribution is 5.18. The third-order valence-electron chi connectivity index (χ3n) is 2.17. The molecule has 0 aliphatic carbocycles. The molecule has 58 valence electrons. The fourth-order valence-corrected chi connectivity index (χ4v) is 1.68. The molecule has 0 aromatic carbocycles. The van der Waals surface area contributed by atoms with Crippen molar-refractivity contribution < 1.29 is 0 Å². The molecule has 11 heavy (non-hydrogen) atoms. The first-order valence-electron chi connectivity index (χ1n) is 3.98. The minimum absolute atomic E-state index is 0.164. The largest absolute Gasteiger partial charge is 0.313 e. The Bertz CT molecular complexity index is 338. The van der Waals surface area contributed by atoms with E-state index in [0.29, 0.717) is 0 Å². The van der Waals surface area contributed by atoms with Crippen LogP contribution in [0, 0.1) is 6.92 Å². The van der Waals surface area contributed by atoms with Gasteiger partial charge in [0.05, 0.1) is 0 Å². The summed E-state index contributed by atoms with van der Waals surface area (Å²) in [4.78, 5) is 11.3. The van der Waals surface area contributed by atoms with Gasteiger partial charge in [0.2, 0.25) is 0 Å². The summed E-state index contributed by atoms with van der Waals surface area (Å²) in [6, 6.07) is 3.81. The van der Waals surface area contributed by atoms with Crippen LogP contribution in [0.15, 0.2) is 16.9 Å². The van der Waals surface area contributed by atoms with E-state index in [1.807, 2.05) is 11.5 Å². The van der Waals surface area contributed by atoms with Crippen molar-refractivity contribution in [3.05, 3.63) is 33.7 Å². The van der Waals surface area contributed by atoms with Crippen molar-refractivity contribution in [2.24, 2.45) is 0 Å². The second-order valence-electron chi connectivity index (χ2n) is 3.12. The van der Waals surface area contributed by atoms with Gasteiger partial charge >= 0.3 is 0 Å². The van der Waals surface area contributed by atoms with Crippen LogP contribution in [0.4, 0.5) is 0 Å². The summed E-state index contributed by atoms with van der Waals surface area (Å²) in [6.07, 6.45) is 2.19. The van der Waals surface area contributed by atoms with Crippen molar-refractivity contribution in [3.63, 3.8) is 0 Å². The molecule has 0 amide bonds. The van der Waals surface area contributed by atoms with Crippen LogP contribution in [0.25, 0.3) is 0 Å². The highest BCUT2D eigenvalue weighted by Gasteiger charge is 2.10. The Morgan fingerprint density at radius 3 is 3.09 bits per heavy atom. The number of hydrogen-bond donors (Lipinski definition) is 0. The van der Waals surface area contributed by atoms with Gasteiger partial charge in [-0.1, -0.05) is 0 Å². The molecule has 2 heteroatoms. The average molecular weight is 149 g/mol. The number of rotatable bonds is 0. The Morgan fingerprint density at radius 1 is 1.45 bits per heavy atom. The predicted octanol–water partition coefficient (Wildman–Crippen LogP) is 1.10. The van der Waals surface area contributed by atoms with Gasteiger partial charge in [0.1, 0.15) is 0 Å². The van der Waals surface area contributed by atoms with Gasteiger partial charge in [0.25, 0.3) is 5.56 Å². The summed E-state index contributed by atoms with van der Waals surface area (Å²) < 4.78 is 1.87. The molecule has 1 aromatic rings. The summed E-state index contributed by atoms with van der Waals surface area (Å²) in [7, 11) is 0. The van der Waals surface area contributed by atoms with Crippen LogP contribution in [0.2, 0.25) is 0 Å². The quantitative estimate of drug-likeness (QED) is 0.541. The number of hydrogen-bond acceptors (Lipinski definition) is 1. The van der Waals surface area contributed by atoms with Crippen molar-refractivity contribution in [2.45, 2.75) is 26.3 Å². The van der Waals surface area contributed by atoms with Gasteiger partial charge in [0.15, 0.2) is 0 Å². The van der Waals surface area contributed by atoms with E-state index < -0.39 is 0 Å². The molecule has 1 aromatic heterocycles. The molecule has 0 unspecified atom stereocenters. The average Bonchev–Trinajstić information content (AvgIpc) is 2.34. The van der Waals surface area contributed by atoms with Crippen LogP contribution in [0.5, 0.6) is 0 Å². The number of fused-ring (bicyclic) bond motifs is 1. The Hall–Kier alpha value is -1.05. The van der Waals surface area contributed by atoms with E-state index in [4.69, 9.17) is 0 Å². The summed E-state index contributed by atoms with van der Waals surface area (Å²) in [5.41, 5.74) is 2.45. The lowest BCUT2D eigenvalue weighted by Gasteiger charge is -2.01. The van der Waals surface area contributed by atoms with Crippen LogP contribution in [-0.4, -0.2) is 4.57 Å². The number of nitrogens with zero attached hydrogens (tertiary/aromatic N) is 1. The van der Waals surface area contributed by atoms with Crippen molar-refractivity contribution in [3.8, 4) is 0 Å². The maximum absolute atomic E-state index is 11.3. The van der Waals surface area contributed by atoms with Crippen molar-refractivity contribution in [1.29, 1.82) is 0 Å². The molecule has 2 heterocycles. The third-order valence-corrected chi connectivity index (χ3v) is 2.17. The van der Waals surface area contributed by atoms with Gasteiger partial charge in [-0.15, -0.1) is 0 Å². The Balaban J connectivity index is 2.70. The van der Waals surface area contributed by atoms with Gasteiger partial charge in [-0.05, 0) is 31.4 Å². The van der Waals surface area contributed by atoms with E-state index in [1.54, 1.807) is 6.07 Å². The lowest BCUT2D eigenvalue weighted by Crippen LogP contribution is -2.18. The monoisotopic (exact) mass is 149 g/mol. The van der Waals surface area contributed by atoms with Crippen molar-refractivity contribution >= 4 is 0 Å². The molecule has 0 saturated heterocycles. The van der Waals surface area contributed by atoms with Crippen LogP contribution >= 0.6 is 0 Å². The van der Waals surface area contributed by atoms with Gasteiger partial charge < -0.3 is 4.57 Å². The third kappa shape index (κ3) is 0.985. The molecule has 0 fully saturated rings. The highest BCUT2D eigenvalue weighted by atomic mass is 16.1. The SMILES string of the molecule is Cc1cc2n(c(=O)c1)CCC2. The molecule has 0 saturated carbocycles. The maximum Gasteiger partial charge on any atom is 0.250 e. The van der Waals surface area contributed by atoms with E-state index in [2.05, 4.69) is 6.07 Å². The molecule has 2 rings (SSSR count). The van der Waals surface area contributed by atoms with Crippen molar-refractivity contribution in [2.75, 3.05) is 0 Å². The molecule has 0 N–H and O–H groups in total. The predicted molar refractivity (Wildman–Crippen MR) is 43.8 cm³/mol. The summed E-state index contributed by atoms with van der Waals surface area (Å²) in [5, 5.41) is 0. The van der Waals surface area contributed by atoms with Crippen LogP contribution in [-0.2, 0) is 13.0 Å². The van der Waals surface area contributed by atoms with Gasteiger partial charge in [-0.3, -0.25) is 4.79 Å². The second kappa shape index (κ2) is 2.22. The second-order valence-corrected chi connectivity index (χ2v) is 3.12.